The molecular weight excluding hydrogens is 420 g/mol. The Morgan fingerprint density at radius 3 is 2.43 bits per heavy atom. The van der Waals surface area contributed by atoms with Crippen molar-refractivity contribution in [2.45, 2.75) is 19.4 Å². The molecule has 112 valence electrons. The molecule has 1 unspecified atom stereocenters. The first-order valence-corrected chi connectivity index (χ1v) is 8.60. The van der Waals surface area contributed by atoms with Gasteiger partial charge in [-0.2, -0.15) is 0 Å². The van der Waals surface area contributed by atoms with Gasteiger partial charge in [0, 0.05) is 20.6 Å². The molecule has 0 aliphatic heterocycles. The smallest absolute Gasteiger partial charge is 0.147 e. The molecule has 0 bridgehead atoms. The van der Waals surface area contributed by atoms with E-state index < -0.39 is 0 Å². The summed E-state index contributed by atoms with van der Waals surface area (Å²) >= 11 is 12.7. The lowest BCUT2D eigenvalue weighted by molar-refractivity contribution is 0.510. The topological polar surface area (TPSA) is 12.0 Å². The SMILES string of the molecule is CCNC(Cc1ccc(Br)cc1)c1ccc(Br)c(Cl)c1F. The van der Waals surface area contributed by atoms with Gasteiger partial charge in [-0.1, -0.05) is 52.7 Å². The first-order valence-electron chi connectivity index (χ1n) is 6.64. The van der Waals surface area contributed by atoms with Crippen molar-refractivity contribution >= 4 is 43.5 Å². The fourth-order valence-corrected chi connectivity index (χ4v) is 2.95. The molecule has 0 aromatic heterocycles. The zero-order valence-corrected chi connectivity index (χ0v) is 15.4. The maximum atomic E-state index is 14.4. The Labute approximate surface area is 146 Å². The minimum absolute atomic E-state index is 0.109. The zero-order chi connectivity index (χ0) is 15.4. The van der Waals surface area contributed by atoms with Gasteiger partial charge in [-0.25, -0.2) is 4.39 Å². The highest BCUT2D eigenvalue weighted by atomic mass is 79.9. The molecule has 2 rings (SSSR count). The Balaban J connectivity index is 2.30. The molecule has 0 spiro atoms. The van der Waals surface area contributed by atoms with Crippen LogP contribution in [0.5, 0.6) is 0 Å². The fourth-order valence-electron chi connectivity index (χ4n) is 2.20. The standard InChI is InChI=1S/C16H15Br2ClFN/c1-2-21-14(9-10-3-5-11(17)6-4-10)12-7-8-13(18)15(19)16(12)20/h3-8,14,21H,2,9H2,1H3. The molecule has 0 saturated heterocycles. The lowest BCUT2D eigenvalue weighted by Gasteiger charge is -2.20. The van der Waals surface area contributed by atoms with Crippen LogP contribution in [-0.4, -0.2) is 6.54 Å². The minimum Gasteiger partial charge on any atom is -0.310 e. The molecule has 0 amide bonds. The number of likely N-dealkylation sites (N-methyl/N-ethyl adjacent to an activating group) is 1. The molecule has 2 aromatic carbocycles. The van der Waals surface area contributed by atoms with Crippen molar-refractivity contribution in [1.29, 1.82) is 0 Å². The van der Waals surface area contributed by atoms with Gasteiger partial charge in [0.1, 0.15) is 5.82 Å². The van der Waals surface area contributed by atoms with Crippen LogP contribution < -0.4 is 5.32 Å². The predicted molar refractivity (Wildman–Crippen MR) is 93.4 cm³/mol. The second-order valence-electron chi connectivity index (χ2n) is 4.71. The predicted octanol–water partition coefficient (Wildman–Crippen LogP) is 5.90. The number of benzene rings is 2. The monoisotopic (exact) mass is 433 g/mol. The van der Waals surface area contributed by atoms with Crippen molar-refractivity contribution in [3.05, 3.63) is 67.3 Å². The van der Waals surface area contributed by atoms with Gasteiger partial charge in [-0.05, 0) is 52.7 Å². The average molecular weight is 436 g/mol. The molecule has 21 heavy (non-hydrogen) atoms. The summed E-state index contributed by atoms with van der Waals surface area (Å²) < 4.78 is 16.0. The molecule has 0 heterocycles. The van der Waals surface area contributed by atoms with Gasteiger partial charge in [0.2, 0.25) is 0 Å². The third kappa shape index (κ3) is 4.28. The van der Waals surface area contributed by atoms with Gasteiger partial charge in [0.05, 0.1) is 5.02 Å². The van der Waals surface area contributed by atoms with E-state index in [4.69, 9.17) is 11.6 Å². The third-order valence-corrected chi connectivity index (χ3v) is 5.03. The zero-order valence-electron chi connectivity index (χ0n) is 11.5. The quantitative estimate of drug-likeness (QED) is 0.577. The summed E-state index contributed by atoms with van der Waals surface area (Å²) in [5.74, 6) is -0.367. The summed E-state index contributed by atoms with van der Waals surface area (Å²) in [4.78, 5) is 0. The molecule has 1 nitrogen and oxygen atoms in total. The van der Waals surface area contributed by atoms with Gasteiger partial charge in [0.25, 0.3) is 0 Å². The van der Waals surface area contributed by atoms with E-state index in [-0.39, 0.29) is 16.9 Å². The highest BCUT2D eigenvalue weighted by molar-refractivity contribution is 9.10. The van der Waals surface area contributed by atoms with E-state index in [9.17, 15) is 4.39 Å². The van der Waals surface area contributed by atoms with E-state index in [0.29, 0.717) is 16.5 Å². The normalized spacial score (nSPS) is 12.4. The van der Waals surface area contributed by atoms with E-state index in [0.717, 1.165) is 16.6 Å². The van der Waals surface area contributed by atoms with Crippen LogP contribution in [0, 0.1) is 5.82 Å². The first kappa shape index (κ1) is 16.9. The van der Waals surface area contributed by atoms with Gasteiger partial charge < -0.3 is 5.32 Å². The average Bonchev–Trinajstić information content (AvgIpc) is 2.47. The number of hydrogen-bond acceptors (Lipinski definition) is 1. The first-order chi connectivity index (χ1) is 10.0. The highest BCUT2D eigenvalue weighted by Crippen LogP contribution is 2.31. The fraction of sp³-hybridized carbons (Fsp3) is 0.250. The van der Waals surface area contributed by atoms with Crippen LogP contribution >= 0.6 is 43.5 Å². The van der Waals surface area contributed by atoms with Crippen molar-refractivity contribution in [1.82, 2.24) is 5.32 Å². The molecule has 0 aliphatic rings. The number of rotatable bonds is 5. The number of halogens is 4. The Bertz CT molecular complexity index is 616. The summed E-state index contributed by atoms with van der Waals surface area (Å²) in [7, 11) is 0. The summed E-state index contributed by atoms with van der Waals surface area (Å²) in [5.41, 5.74) is 1.73. The van der Waals surface area contributed by atoms with Crippen molar-refractivity contribution in [3.63, 3.8) is 0 Å². The van der Waals surface area contributed by atoms with Crippen molar-refractivity contribution in [2.75, 3.05) is 6.54 Å². The third-order valence-electron chi connectivity index (χ3n) is 3.24. The second kappa shape index (κ2) is 7.73. The highest BCUT2D eigenvalue weighted by Gasteiger charge is 2.19. The van der Waals surface area contributed by atoms with Crippen LogP contribution in [0.2, 0.25) is 5.02 Å². The van der Waals surface area contributed by atoms with E-state index in [1.807, 2.05) is 31.2 Å². The van der Waals surface area contributed by atoms with Gasteiger partial charge >= 0.3 is 0 Å². The molecule has 5 heteroatoms. The van der Waals surface area contributed by atoms with Gasteiger partial charge in [-0.15, -0.1) is 0 Å². The lowest BCUT2D eigenvalue weighted by atomic mass is 9.98. The van der Waals surface area contributed by atoms with E-state index in [2.05, 4.69) is 37.2 Å². The van der Waals surface area contributed by atoms with E-state index in [1.54, 1.807) is 12.1 Å². The number of hydrogen-bond donors (Lipinski definition) is 1. The van der Waals surface area contributed by atoms with Crippen LogP contribution in [0.25, 0.3) is 0 Å². The van der Waals surface area contributed by atoms with E-state index in [1.165, 1.54) is 0 Å². The summed E-state index contributed by atoms with van der Waals surface area (Å²) in [6, 6.07) is 11.5. The van der Waals surface area contributed by atoms with Crippen LogP contribution in [0.3, 0.4) is 0 Å². The number of nitrogens with one attached hydrogen (secondary N) is 1. The maximum Gasteiger partial charge on any atom is 0.147 e. The van der Waals surface area contributed by atoms with Gasteiger partial charge in [-0.3, -0.25) is 0 Å². The maximum absolute atomic E-state index is 14.4. The molecule has 1 atom stereocenters. The van der Waals surface area contributed by atoms with Crippen molar-refractivity contribution in [3.8, 4) is 0 Å². The minimum atomic E-state index is -0.367. The molecule has 1 N–H and O–H groups in total. The Kier molecular flexibility index (Phi) is 6.23. The molecule has 0 aliphatic carbocycles. The Morgan fingerprint density at radius 2 is 1.81 bits per heavy atom. The van der Waals surface area contributed by atoms with Crippen LogP contribution in [0.4, 0.5) is 4.39 Å². The van der Waals surface area contributed by atoms with Crippen LogP contribution in [-0.2, 0) is 6.42 Å². The summed E-state index contributed by atoms with van der Waals surface area (Å²) in [6.45, 7) is 2.77. The molecule has 2 aromatic rings. The second-order valence-corrected chi connectivity index (χ2v) is 6.85. The largest absolute Gasteiger partial charge is 0.310 e. The Hall–Kier alpha value is -0.420. The Morgan fingerprint density at radius 1 is 1.14 bits per heavy atom. The van der Waals surface area contributed by atoms with E-state index >= 15 is 0 Å². The summed E-state index contributed by atoms with van der Waals surface area (Å²) in [5, 5.41) is 3.45. The van der Waals surface area contributed by atoms with Gasteiger partial charge in [0.15, 0.2) is 0 Å². The van der Waals surface area contributed by atoms with Crippen molar-refractivity contribution in [2.24, 2.45) is 0 Å². The lowest BCUT2D eigenvalue weighted by Crippen LogP contribution is -2.24. The molecule has 0 radical (unpaired) electrons. The molecule has 0 saturated carbocycles. The van der Waals surface area contributed by atoms with Crippen LogP contribution in [0.15, 0.2) is 45.3 Å². The van der Waals surface area contributed by atoms with Crippen molar-refractivity contribution < 1.29 is 4.39 Å². The summed E-state index contributed by atoms with van der Waals surface area (Å²) in [6.07, 6.45) is 0.704. The molecular formula is C16H15Br2ClFN. The molecule has 0 fully saturated rings. The van der Waals surface area contributed by atoms with Crippen LogP contribution in [0.1, 0.15) is 24.1 Å².